The molecule has 3 aromatic rings. The number of ether oxygens (including phenoxy) is 2. The van der Waals surface area contributed by atoms with Crippen LogP contribution in [-0.2, 0) is 21.4 Å². The zero-order valence-corrected chi connectivity index (χ0v) is 20.8. The van der Waals surface area contributed by atoms with E-state index < -0.39 is 22.5 Å². The van der Waals surface area contributed by atoms with Gasteiger partial charge in [-0.05, 0) is 65.7 Å². The van der Waals surface area contributed by atoms with Crippen LogP contribution in [0.3, 0.4) is 0 Å². The molecule has 176 valence electrons. The number of rotatable bonds is 8. The lowest BCUT2D eigenvalue weighted by atomic mass is 10.2. The highest BCUT2D eigenvalue weighted by atomic mass is 79.9. The molecule has 1 amide bonds. The van der Waals surface area contributed by atoms with E-state index in [2.05, 4.69) is 26.5 Å². The van der Waals surface area contributed by atoms with Crippen molar-refractivity contribution < 1.29 is 22.7 Å². The van der Waals surface area contributed by atoms with Crippen molar-refractivity contribution in [3.8, 4) is 11.5 Å². The minimum Gasteiger partial charge on any atom is -0.454 e. The Morgan fingerprint density at radius 1 is 1.06 bits per heavy atom. The maximum atomic E-state index is 13.3. The number of nitrogens with zero attached hydrogens (tertiary/aromatic N) is 2. The van der Waals surface area contributed by atoms with Crippen molar-refractivity contribution in [2.45, 2.75) is 11.4 Å². The molecule has 0 unspecified atom stereocenters. The summed E-state index contributed by atoms with van der Waals surface area (Å²) >= 11 is 9.26. The summed E-state index contributed by atoms with van der Waals surface area (Å²) in [6.07, 6.45) is 1.44. The van der Waals surface area contributed by atoms with Gasteiger partial charge in [-0.1, -0.05) is 39.7 Å². The number of halogens is 2. The van der Waals surface area contributed by atoms with Gasteiger partial charge in [0.05, 0.1) is 17.7 Å². The standard InChI is InChI=1S/C23H19BrClN3O5S/c24-18-4-1-16(2-5-18)13-28(34(30,31)20-8-6-19(25)7-9-20)14-23(29)27-26-12-17-3-10-21-22(11-17)33-15-32-21/h1-12H,13-15H2,(H,27,29)/b26-12-. The molecule has 0 saturated heterocycles. The van der Waals surface area contributed by atoms with Crippen molar-refractivity contribution >= 4 is 49.7 Å². The highest BCUT2D eigenvalue weighted by molar-refractivity contribution is 9.10. The molecule has 0 saturated carbocycles. The minimum absolute atomic E-state index is 0.00245. The van der Waals surface area contributed by atoms with Crippen molar-refractivity contribution in [1.29, 1.82) is 0 Å². The second kappa shape index (κ2) is 10.6. The predicted octanol–water partition coefficient (Wildman–Crippen LogP) is 4.17. The van der Waals surface area contributed by atoms with Crippen LogP contribution in [-0.4, -0.2) is 38.2 Å². The zero-order chi connectivity index (χ0) is 24.1. The zero-order valence-electron chi connectivity index (χ0n) is 17.6. The van der Waals surface area contributed by atoms with Crippen LogP contribution in [0, 0.1) is 0 Å². The van der Waals surface area contributed by atoms with Crippen LogP contribution in [0.4, 0.5) is 0 Å². The van der Waals surface area contributed by atoms with E-state index in [1.807, 2.05) is 0 Å². The number of carbonyl (C=O) groups is 1. The van der Waals surface area contributed by atoms with Crippen molar-refractivity contribution in [3.63, 3.8) is 0 Å². The quantitative estimate of drug-likeness (QED) is 0.327. The van der Waals surface area contributed by atoms with Crippen molar-refractivity contribution in [2.24, 2.45) is 5.10 Å². The topological polar surface area (TPSA) is 97.3 Å². The number of nitrogens with one attached hydrogen (secondary N) is 1. The molecule has 1 N–H and O–H groups in total. The van der Waals surface area contributed by atoms with Gasteiger partial charge in [-0.25, -0.2) is 13.8 Å². The van der Waals surface area contributed by atoms with E-state index in [1.165, 1.54) is 30.5 Å². The summed E-state index contributed by atoms with van der Waals surface area (Å²) < 4.78 is 39.1. The predicted molar refractivity (Wildman–Crippen MR) is 131 cm³/mol. The Balaban J connectivity index is 1.49. The second-order valence-corrected chi connectivity index (χ2v) is 10.5. The summed E-state index contributed by atoms with van der Waals surface area (Å²) in [6.45, 7) is -0.278. The molecular weight excluding hydrogens is 546 g/mol. The van der Waals surface area contributed by atoms with Crippen LogP contribution in [0.15, 0.2) is 81.2 Å². The maximum absolute atomic E-state index is 13.3. The SMILES string of the molecule is O=C(CN(Cc1ccc(Br)cc1)S(=O)(=O)c1ccc(Cl)cc1)N/N=C\c1ccc2c(c1)OCO2. The molecule has 0 bridgehead atoms. The van der Waals surface area contributed by atoms with Crippen molar-refractivity contribution in [2.75, 3.05) is 13.3 Å². The molecular formula is C23H19BrClN3O5S. The molecule has 11 heteroatoms. The lowest BCUT2D eigenvalue weighted by Gasteiger charge is -2.21. The Morgan fingerprint density at radius 2 is 1.76 bits per heavy atom. The maximum Gasteiger partial charge on any atom is 0.255 e. The molecule has 0 aliphatic carbocycles. The third-order valence-electron chi connectivity index (χ3n) is 4.84. The first kappa shape index (κ1) is 24.2. The van der Waals surface area contributed by atoms with Crippen LogP contribution >= 0.6 is 27.5 Å². The number of benzene rings is 3. The summed E-state index contributed by atoms with van der Waals surface area (Å²) in [6, 6.07) is 18.2. The number of sulfonamides is 1. The molecule has 0 atom stereocenters. The number of hydrazone groups is 1. The fraction of sp³-hybridized carbons (Fsp3) is 0.130. The van der Waals surface area contributed by atoms with Gasteiger partial charge in [0, 0.05) is 16.0 Å². The molecule has 4 rings (SSSR count). The molecule has 34 heavy (non-hydrogen) atoms. The first-order chi connectivity index (χ1) is 16.3. The van der Waals surface area contributed by atoms with E-state index in [0.29, 0.717) is 22.1 Å². The fourth-order valence-electron chi connectivity index (χ4n) is 3.14. The van der Waals surface area contributed by atoms with Crippen LogP contribution in [0.1, 0.15) is 11.1 Å². The van der Waals surface area contributed by atoms with Gasteiger partial charge < -0.3 is 9.47 Å². The van der Waals surface area contributed by atoms with Crippen molar-refractivity contribution in [1.82, 2.24) is 9.73 Å². The van der Waals surface area contributed by atoms with Gasteiger partial charge >= 0.3 is 0 Å². The third kappa shape index (κ3) is 5.95. The molecule has 0 fully saturated rings. The molecule has 0 aromatic heterocycles. The van der Waals surface area contributed by atoms with E-state index in [1.54, 1.807) is 42.5 Å². The monoisotopic (exact) mass is 563 g/mol. The van der Waals surface area contributed by atoms with Crippen molar-refractivity contribution in [3.05, 3.63) is 87.4 Å². The lowest BCUT2D eigenvalue weighted by molar-refractivity contribution is -0.121. The number of hydrogen-bond donors (Lipinski definition) is 1. The Kier molecular flexibility index (Phi) is 7.52. The Labute approximate surface area is 210 Å². The Bertz CT molecular complexity index is 1320. The Morgan fingerprint density at radius 3 is 2.50 bits per heavy atom. The van der Waals surface area contributed by atoms with E-state index in [4.69, 9.17) is 21.1 Å². The summed E-state index contributed by atoms with van der Waals surface area (Å²) in [5, 5.41) is 4.35. The molecule has 8 nitrogen and oxygen atoms in total. The van der Waals surface area contributed by atoms with Crippen LogP contribution in [0.2, 0.25) is 5.02 Å². The number of fused-ring (bicyclic) bond motifs is 1. The highest BCUT2D eigenvalue weighted by Gasteiger charge is 2.27. The van der Waals surface area contributed by atoms with Gasteiger partial charge in [0.2, 0.25) is 16.8 Å². The van der Waals surface area contributed by atoms with Gasteiger partial charge in [0.15, 0.2) is 11.5 Å². The van der Waals surface area contributed by atoms with Gasteiger partial charge in [-0.15, -0.1) is 0 Å². The molecule has 1 heterocycles. The summed E-state index contributed by atoms with van der Waals surface area (Å²) in [7, 11) is -3.99. The largest absolute Gasteiger partial charge is 0.454 e. The van der Waals surface area contributed by atoms with E-state index in [0.717, 1.165) is 14.3 Å². The number of hydrogen-bond acceptors (Lipinski definition) is 6. The second-order valence-electron chi connectivity index (χ2n) is 7.26. The Hall–Kier alpha value is -2.92. The van der Waals surface area contributed by atoms with Crippen LogP contribution in [0.25, 0.3) is 0 Å². The summed E-state index contributed by atoms with van der Waals surface area (Å²) in [4.78, 5) is 12.6. The van der Waals surface area contributed by atoms with Gasteiger partial charge in [-0.2, -0.15) is 9.41 Å². The molecule has 3 aromatic carbocycles. The van der Waals surface area contributed by atoms with E-state index >= 15 is 0 Å². The normalized spacial score (nSPS) is 12.9. The van der Waals surface area contributed by atoms with E-state index in [-0.39, 0.29) is 18.2 Å². The first-order valence-electron chi connectivity index (χ1n) is 10.0. The van der Waals surface area contributed by atoms with Crippen LogP contribution in [0.5, 0.6) is 11.5 Å². The average Bonchev–Trinajstić information content (AvgIpc) is 3.28. The molecule has 0 radical (unpaired) electrons. The number of amides is 1. The summed E-state index contributed by atoms with van der Waals surface area (Å²) in [5.41, 5.74) is 3.79. The molecule has 1 aliphatic heterocycles. The average molecular weight is 565 g/mol. The minimum atomic E-state index is -3.99. The third-order valence-corrected chi connectivity index (χ3v) is 7.43. The van der Waals surface area contributed by atoms with Crippen LogP contribution < -0.4 is 14.9 Å². The first-order valence-corrected chi connectivity index (χ1v) is 12.6. The fourth-order valence-corrected chi connectivity index (χ4v) is 4.92. The van der Waals surface area contributed by atoms with Gasteiger partial charge in [0.1, 0.15) is 0 Å². The number of carbonyl (C=O) groups excluding carboxylic acids is 1. The van der Waals surface area contributed by atoms with Gasteiger partial charge in [0.25, 0.3) is 5.91 Å². The van der Waals surface area contributed by atoms with E-state index in [9.17, 15) is 13.2 Å². The molecule has 1 aliphatic rings. The smallest absolute Gasteiger partial charge is 0.255 e. The summed E-state index contributed by atoms with van der Waals surface area (Å²) in [5.74, 6) is 0.633. The van der Waals surface area contributed by atoms with Gasteiger partial charge in [-0.3, -0.25) is 4.79 Å². The highest BCUT2D eigenvalue weighted by Crippen LogP contribution is 2.32. The lowest BCUT2D eigenvalue weighted by Crippen LogP contribution is -2.39. The molecule has 0 spiro atoms.